The molecular weight excluding hydrogens is 294 g/mol. The molecule has 2 aliphatic rings. The predicted molar refractivity (Wildman–Crippen MR) is 85.1 cm³/mol. The number of hydrogen-bond acceptors (Lipinski definition) is 3. The van der Waals surface area contributed by atoms with Gasteiger partial charge in [0.25, 0.3) is 0 Å². The van der Waals surface area contributed by atoms with Crippen LogP contribution in [0.25, 0.3) is 11.0 Å². The van der Waals surface area contributed by atoms with Crippen LogP contribution < -0.4 is 5.32 Å². The van der Waals surface area contributed by atoms with Crippen LogP contribution in [0, 0.1) is 11.8 Å². The quantitative estimate of drug-likeness (QED) is 0.909. The summed E-state index contributed by atoms with van der Waals surface area (Å²) >= 11 is 0. The fourth-order valence-corrected chi connectivity index (χ4v) is 3.63. The summed E-state index contributed by atoms with van der Waals surface area (Å²) in [7, 11) is 0. The Morgan fingerprint density at radius 1 is 1.17 bits per heavy atom. The van der Waals surface area contributed by atoms with Gasteiger partial charge in [0.05, 0.1) is 22.9 Å². The summed E-state index contributed by atoms with van der Waals surface area (Å²) in [4.78, 5) is 27.8. The zero-order valence-corrected chi connectivity index (χ0v) is 12.7. The molecular formula is C17H19N3O3. The van der Waals surface area contributed by atoms with Crippen LogP contribution in [0.4, 0.5) is 5.95 Å². The maximum absolute atomic E-state index is 12.3. The highest BCUT2D eigenvalue weighted by Crippen LogP contribution is 2.40. The van der Waals surface area contributed by atoms with Gasteiger partial charge in [-0.05, 0) is 31.4 Å². The van der Waals surface area contributed by atoms with Gasteiger partial charge in [-0.15, -0.1) is 0 Å². The number of nitrogens with one attached hydrogen (secondary N) is 1. The molecule has 2 unspecified atom stereocenters. The molecule has 0 bridgehead atoms. The average molecular weight is 313 g/mol. The van der Waals surface area contributed by atoms with E-state index in [1.807, 2.05) is 24.3 Å². The number of carbonyl (C=O) groups excluding carboxylic acids is 1. The molecule has 0 radical (unpaired) electrons. The van der Waals surface area contributed by atoms with Crippen LogP contribution in [-0.2, 0) is 9.59 Å². The van der Waals surface area contributed by atoms with E-state index in [1.165, 1.54) is 12.8 Å². The molecule has 2 aromatic rings. The molecule has 1 aromatic heterocycles. The van der Waals surface area contributed by atoms with Gasteiger partial charge in [0.2, 0.25) is 11.9 Å². The lowest BCUT2D eigenvalue weighted by Crippen LogP contribution is -2.20. The molecule has 2 saturated carbocycles. The first-order valence-electron chi connectivity index (χ1n) is 8.16. The lowest BCUT2D eigenvalue weighted by atomic mass is 10.2. The highest BCUT2D eigenvalue weighted by molar-refractivity contribution is 5.98. The molecule has 2 atom stereocenters. The van der Waals surface area contributed by atoms with E-state index in [0.29, 0.717) is 18.4 Å². The number of benzene rings is 1. The molecule has 23 heavy (non-hydrogen) atoms. The largest absolute Gasteiger partial charge is 0.481 e. The van der Waals surface area contributed by atoms with E-state index >= 15 is 0 Å². The topological polar surface area (TPSA) is 84.2 Å². The van der Waals surface area contributed by atoms with E-state index in [0.717, 1.165) is 23.9 Å². The molecule has 6 nitrogen and oxygen atoms in total. The van der Waals surface area contributed by atoms with Crippen LogP contribution in [0.3, 0.4) is 0 Å². The van der Waals surface area contributed by atoms with Gasteiger partial charge >= 0.3 is 5.97 Å². The zero-order chi connectivity index (χ0) is 16.0. The van der Waals surface area contributed by atoms with E-state index in [1.54, 1.807) is 0 Å². The third-order valence-electron chi connectivity index (χ3n) is 4.97. The van der Waals surface area contributed by atoms with Gasteiger partial charge in [-0.3, -0.25) is 14.9 Å². The lowest BCUT2D eigenvalue weighted by Gasteiger charge is -2.16. The summed E-state index contributed by atoms with van der Waals surface area (Å²) in [5.74, 6) is -1.54. The Hall–Kier alpha value is -2.37. The number of carboxylic acids is 1. The molecule has 0 spiro atoms. The van der Waals surface area contributed by atoms with E-state index in [9.17, 15) is 9.59 Å². The fraction of sp³-hybridized carbons (Fsp3) is 0.471. The van der Waals surface area contributed by atoms with Crippen molar-refractivity contribution in [1.82, 2.24) is 9.55 Å². The number of fused-ring (bicyclic) bond motifs is 1. The normalized spacial score (nSPS) is 24.0. The first-order valence-corrected chi connectivity index (χ1v) is 8.16. The van der Waals surface area contributed by atoms with Crippen LogP contribution in [-0.4, -0.2) is 26.5 Å². The Bertz CT molecular complexity index is 776. The molecule has 2 aliphatic carbocycles. The molecule has 1 heterocycles. The first kappa shape index (κ1) is 14.2. The van der Waals surface area contributed by atoms with Crippen molar-refractivity contribution >= 4 is 28.9 Å². The van der Waals surface area contributed by atoms with E-state index in [2.05, 4.69) is 14.9 Å². The summed E-state index contributed by atoms with van der Waals surface area (Å²) in [5, 5.41) is 11.9. The summed E-state index contributed by atoms with van der Waals surface area (Å²) in [6, 6.07) is 8.22. The number of hydrogen-bond donors (Lipinski definition) is 2. The van der Waals surface area contributed by atoms with Crippen LogP contribution in [0.2, 0.25) is 0 Å². The minimum atomic E-state index is -0.894. The average Bonchev–Trinajstić information content (AvgIpc) is 3.02. The van der Waals surface area contributed by atoms with Crippen LogP contribution in [0.1, 0.15) is 38.1 Å². The summed E-state index contributed by atoms with van der Waals surface area (Å²) in [5.41, 5.74) is 1.89. The highest BCUT2D eigenvalue weighted by atomic mass is 16.4. The number of anilines is 1. The Morgan fingerprint density at radius 2 is 1.91 bits per heavy atom. The van der Waals surface area contributed by atoms with Gasteiger partial charge in [0.1, 0.15) is 0 Å². The highest BCUT2D eigenvalue weighted by Gasteiger charge is 2.48. The fourth-order valence-electron chi connectivity index (χ4n) is 3.63. The SMILES string of the molecule is O=C(O)C1CC1C(=O)Nc1nc2ccccc2n1C1CCCC1. The molecule has 6 heteroatoms. The third kappa shape index (κ3) is 2.48. The second-order valence-electron chi connectivity index (χ2n) is 6.51. The monoisotopic (exact) mass is 313 g/mol. The maximum atomic E-state index is 12.3. The molecule has 0 saturated heterocycles. The minimum Gasteiger partial charge on any atom is -0.481 e. The van der Waals surface area contributed by atoms with Gasteiger partial charge in [-0.1, -0.05) is 25.0 Å². The number of carboxylic acid groups (broad SMARTS) is 1. The van der Waals surface area contributed by atoms with E-state index in [4.69, 9.17) is 5.11 Å². The summed E-state index contributed by atoms with van der Waals surface area (Å²) < 4.78 is 2.12. The van der Waals surface area contributed by atoms with Crippen molar-refractivity contribution in [2.45, 2.75) is 38.1 Å². The third-order valence-corrected chi connectivity index (χ3v) is 4.97. The first-order chi connectivity index (χ1) is 11.1. The minimum absolute atomic E-state index is 0.230. The number of para-hydroxylation sites is 2. The van der Waals surface area contributed by atoms with Gasteiger partial charge in [0.15, 0.2) is 0 Å². The van der Waals surface area contributed by atoms with E-state index < -0.39 is 17.8 Å². The van der Waals surface area contributed by atoms with Gasteiger partial charge in [-0.2, -0.15) is 0 Å². The molecule has 2 N–H and O–H groups in total. The molecule has 1 aromatic carbocycles. The van der Waals surface area contributed by atoms with Gasteiger partial charge in [-0.25, -0.2) is 4.98 Å². The number of amides is 1. The van der Waals surface area contributed by atoms with Crippen molar-refractivity contribution in [3.8, 4) is 0 Å². The van der Waals surface area contributed by atoms with Gasteiger partial charge in [0, 0.05) is 6.04 Å². The Kier molecular flexibility index (Phi) is 3.32. The zero-order valence-electron chi connectivity index (χ0n) is 12.7. The Balaban J connectivity index is 1.65. The van der Waals surface area contributed by atoms with Crippen molar-refractivity contribution in [1.29, 1.82) is 0 Å². The predicted octanol–water partition coefficient (Wildman–Crippen LogP) is 2.81. The van der Waals surface area contributed by atoms with Crippen LogP contribution in [0.5, 0.6) is 0 Å². The number of aliphatic carboxylic acids is 1. The Morgan fingerprint density at radius 3 is 2.61 bits per heavy atom. The molecule has 120 valence electrons. The number of nitrogens with zero attached hydrogens (tertiary/aromatic N) is 2. The van der Waals surface area contributed by atoms with Crippen molar-refractivity contribution in [2.24, 2.45) is 11.8 Å². The summed E-state index contributed by atoms with van der Waals surface area (Å²) in [6.45, 7) is 0. The maximum Gasteiger partial charge on any atom is 0.307 e. The second-order valence-corrected chi connectivity index (χ2v) is 6.51. The Labute approximate surface area is 133 Å². The smallest absolute Gasteiger partial charge is 0.307 e. The van der Waals surface area contributed by atoms with Crippen molar-refractivity contribution in [3.63, 3.8) is 0 Å². The molecule has 4 rings (SSSR count). The van der Waals surface area contributed by atoms with Crippen molar-refractivity contribution in [3.05, 3.63) is 24.3 Å². The van der Waals surface area contributed by atoms with Gasteiger partial charge < -0.3 is 9.67 Å². The number of rotatable bonds is 4. The standard InChI is InChI=1S/C17H19N3O3/c21-15(11-9-12(11)16(22)23)19-17-18-13-7-3-4-8-14(13)20(17)10-5-1-2-6-10/h3-4,7-8,10-12H,1-2,5-6,9H2,(H,22,23)(H,18,19,21). The van der Waals surface area contributed by atoms with Crippen molar-refractivity contribution < 1.29 is 14.7 Å². The summed E-state index contributed by atoms with van der Waals surface area (Å²) in [6.07, 6.45) is 4.97. The van der Waals surface area contributed by atoms with E-state index in [-0.39, 0.29) is 5.91 Å². The number of imidazole rings is 1. The number of aromatic nitrogens is 2. The van der Waals surface area contributed by atoms with Crippen molar-refractivity contribution in [2.75, 3.05) is 5.32 Å². The molecule has 0 aliphatic heterocycles. The van der Waals surface area contributed by atoms with Crippen LogP contribution >= 0.6 is 0 Å². The van der Waals surface area contributed by atoms with Crippen LogP contribution in [0.15, 0.2) is 24.3 Å². The lowest BCUT2D eigenvalue weighted by molar-refractivity contribution is -0.139. The molecule has 2 fully saturated rings. The number of carbonyl (C=O) groups is 2. The second kappa shape index (κ2) is 5.37. The molecule has 1 amide bonds.